The molecule has 0 radical (unpaired) electrons. The van der Waals surface area contributed by atoms with Gasteiger partial charge in [0.05, 0.1) is 0 Å². The van der Waals surface area contributed by atoms with E-state index in [0.29, 0.717) is 6.04 Å². The number of hydrogen-bond acceptors (Lipinski definition) is 2. The van der Waals surface area contributed by atoms with Crippen molar-refractivity contribution in [3.63, 3.8) is 0 Å². The molecule has 0 aromatic heterocycles. The molecule has 0 spiro atoms. The number of urea groups is 1. The van der Waals surface area contributed by atoms with Crippen LogP contribution in [0.15, 0.2) is 0 Å². The molecule has 76 valence electrons. The molecular weight excluding hydrogens is 166 g/mol. The monoisotopic (exact) mass is 185 g/mol. The van der Waals surface area contributed by atoms with Crippen molar-refractivity contribution in [3.8, 4) is 0 Å². The number of rotatable bonds is 5. The lowest BCUT2D eigenvalue weighted by molar-refractivity contribution is 0.240. The standard InChI is InChI=1S/C9H19N3O/c1-7(10)3-2-6-11-9(13)12-8-4-5-8/h7-8H,2-6,10H2,1H3,(H2,11,12,13). The largest absolute Gasteiger partial charge is 0.338 e. The van der Waals surface area contributed by atoms with Crippen molar-refractivity contribution in [1.82, 2.24) is 10.6 Å². The maximum absolute atomic E-state index is 11.1. The van der Waals surface area contributed by atoms with E-state index in [1.165, 1.54) is 0 Å². The molecule has 1 aliphatic carbocycles. The van der Waals surface area contributed by atoms with E-state index >= 15 is 0 Å². The third-order valence-electron chi connectivity index (χ3n) is 2.03. The lowest BCUT2D eigenvalue weighted by Gasteiger charge is -2.07. The fraction of sp³-hybridized carbons (Fsp3) is 0.889. The molecular formula is C9H19N3O. The maximum atomic E-state index is 11.1. The van der Waals surface area contributed by atoms with Crippen molar-refractivity contribution in [2.45, 2.75) is 44.7 Å². The second-order valence-corrected chi connectivity index (χ2v) is 3.79. The summed E-state index contributed by atoms with van der Waals surface area (Å²) >= 11 is 0. The summed E-state index contributed by atoms with van der Waals surface area (Å²) in [4.78, 5) is 11.1. The van der Waals surface area contributed by atoms with Crippen molar-refractivity contribution in [2.75, 3.05) is 6.54 Å². The maximum Gasteiger partial charge on any atom is 0.315 e. The van der Waals surface area contributed by atoms with Crippen molar-refractivity contribution < 1.29 is 4.79 Å². The highest BCUT2D eigenvalue weighted by Crippen LogP contribution is 2.18. The van der Waals surface area contributed by atoms with Crippen LogP contribution in [0.1, 0.15) is 32.6 Å². The van der Waals surface area contributed by atoms with E-state index in [-0.39, 0.29) is 12.1 Å². The lowest BCUT2D eigenvalue weighted by atomic mass is 10.2. The molecule has 1 atom stereocenters. The molecule has 0 aromatic rings. The normalized spacial score (nSPS) is 18.0. The number of nitrogens with one attached hydrogen (secondary N) is 2. The van der Waals surface area contributed by atoms with Crippen LogP contribution in [-0.4, -0.2) is 24.7 Å². The summed E-state index contributed by atoms with van der Waals surface area (Å²) in [6, 6.07) is 0.633. The SMILES string of the molecule is CC(N)CCCNC(=O)NC1CC1. The van der Waals surface area contributed by atoms with Crippen molar-refractivity contribution >= 4 is 6.03 Å². The fourth-order valence-corrected chi connectivity index (χ4v) is 1.09. The zero-order valence-electron chi connectivity index (χ0n) is 8.18. The average molecular weight is 185 g/mol. The van der Waals surface area contributed by atoms with E-state index in [9.17, 15) is 4.79 Å². The van der Waals surface area contributed by atoms with Gasteiger partial charge in [-0.05, 0) is 32.6 Å². The van der Waals surface area contributed by atoms with E-state index in [4.69, 9.17) is 5.73 Å². The van der Waals surface area contributed by atoms with Crippen molar-refractivity contribution in [1.29, 1.82) is 0 Å². The van der Waals surface area contributed by atoms with E-state index in [0.717, 1.165) is 32.2 Å². The first-order valence-electron chi connectivity index (χ1n) is 4.98. The van der Waals surface area contributed by atoms with E-state index in [1.54, 1.807) is 0 Å². The fourth-order valence-electron chi connectivity index (χ4n) is 1.09. The number of hydrogen-bond donors (Lipinski definition) is 3. The number of nitrogens with two attached hydrogens (primary N) is 1. The second kappa shape index (κ2) is 5.07. The van der Waals surface area contributed by atoms with Crippen LogP contribution >= 0.6 is 0 Å². The van der Waals surface area contributed by atoms with Gasteiger partial charge in [-0.15, -0.1) is 0 Å². The van der Waals surface area contributed by atoms with Crippen LogP contribution in [0.2, 0.25) is 0 Å². The third-order valence-corrected chi connectivity index (χ3v) is 2.03. The predicted octanol–water partition coefficient (Wildman–Crippen LogP) is 0.575. The minimum atomic E-state index is -0.0350. The van der Waals surface area contributed by atoms with Crippen LogP contribution in [-0.2, 0) is 0 Å². The summed E-state index contributed by atoms with van der Waals surface area (Å²) in [6.07, 6.45) is 4.18. The van der Waals surface area contributed by atoms with Crippen molar-refractivity contribution in [2.24, 2.45) is 5.73 Å². The highest BCUT2D eigenvalue weighted by atomic mass is 16.2. The smallest absolute Gasteiger partial charge is 0.315 e. The minimum absolute atomic E-state index is 0.0350. The molecule has 4 heteroatoms. The topological polar surface area (TPSA) is 67.1 Å². The molecule has 1 unspecified atom stereocenters. The zero-order valence-corrected chi connectivity index (χ0v) is 8.18. The first-order chi connectivity index (χ1) is 6.18. The van der Waals surface area contributed by atoms with Gasteiger partial charge in [-0.2, -0.15) is 0 Å². The van der Waals surface area contributed by atoms with E-state index in [2.05, 4.69) is 10.6 Å². The Hall–Kier alpha value is -0.770. The molecule has 1 saturated carbocycles. The van der Waals surface area contributed by atoms with Crippen molar-refractivity contribution in [3.05, 3.63) is 0 Å². The van der Waals surface area contributed by atoms with Gasteiger partial charge in [-0.25, -0.2) is 4.79 Å². The first-order valence-corrected chi connectivity index (χ1v) is 4.98. The molecule has 2 amide bonds. The Morgan fingerprint density at radius 3 is 2.85 bits per heavy atom. The molecule has 4 N–H and O–H groups in total. The lowest BCUT2D eigenvalue weighted by Crippen LogP contribution is -2.37. The molecule has 0 saturated heterocycles. The molecule has 1 rings (SSSR count). The van der Waals surface area contributed by atoms with Gasteiger partial charge in [0, 0.05) is 18.6 Å². The van der Waals surface area contributed by atoms with Gasteiger partial charge in [0.25, 0.3) is 0 Å². The Morgan fingerprint density at radius 1 is 1.62 bits per heavy atom. The Balaban J connectivity index is 1.89. The minimum Gasteiger partial charge on any atom is -0.338 e. The van der Waals surface area contributed by atoms with Crippen LogP contribution < -0.4 is 16.4 Å². The quantitative estimate of drug-likeness (QED) is 0.548. The van der Waals surface area contributed by atoms with Gasteiger partial charge in [0.1, 0.15) is 0 Å². The van der Waals surface area contributed by atoms with Crippen LogP contribution in [0, 0.1) is 0 Å². The number of carbonyl (C=O) groups excluding carboxylic acids is 1. The summed E-state index contributed by atoms with van der Waals surface area (Å²) in [5, 5.41) is 5.66. The molecule has 13 heavy (non-hydrogen) atoms. The average Bonchev–Trinajstić information content (AvgIpc) is 2.81. The first kappa shape index (κ1) is 10.3. The number of amides is 2. The van der Waals surface area contributed by atoms with Gasteiger partial charge in [0.15, 0.2) is 0 Å². The third kappa shape index (κ3) is 5.47. The van der Waals surface area contributed by atoms with Gasteiger partial charge in [-0.1, -0.05) is 0 Å². The number of carbonyl (C=O) groups is 1. The van der Waals surface area contributed by atoms with Gasteiger partial charge in [-0.3, -0.25) is 0 Å². The molecule has 0 aliphatic heterocycles. The Labute approximate surface area is 79.3 Å². The van der Waals surface area contributed by atoms with Crippen LogP contribution in [0.5, 0.6) is 0 Å². The molecule has 0 bridgehead atoms. The van der Waals surface area contributed by atoms with E-state index < -0.39 is 0 Å². The summed E-state index contributed by atoms with van der Waals surface area (Å²) in [5.74, 6) is 0. The molecule has 0 aromatic carbocycles. The molecule has 0 heterocycles. The second-order valence-electron chi connectivity index (χ2n) is 3.79. The molecule has 4 nitrogen and oxygen atoms in total. The summed E-state index contributed by atoms with van der Waals surface area (Å²) in [5.41, 5.74) is 5.57. The predicted molar refractivity (Wildman–Crippen MR) is 52.4 cm³/mol. The Bertz CT molecular complexity index is 166. The summed E-state index contributed by atoms with van der Waals surface area (Å²) < 4.78 is 0. The van der Waals surface area contributed by atoms with Gasteiger partial charge < -0.3 is 16.4 Å². The molecule has 1 aliphatic rings. The summed E-state index contributed by atoms with van der Waals surface area (Å²) in [6.45, 7) is 2.70. The highest BCUT2D eigenvalue weighted by molar-refractivity contribution is 5.74. The summed E-state index contributed by atoms with van der Waals surface area (Å²) in [7, 11) is 0. The van der Waals surface area contributed by atoms with Crippen LogP contribution in [0.3, 0.4) is 0 Å². The van der Waals surface area contributed by atoms with Crippen LogP contribution in [0.4, 0.5) is 4.79 Å². The van der Waals surface area contributed by atoms with Crippen LogP contribution in [0.25, 0.3) is 0 Å². The molecule has 1 fully saturated rings. The van der Waals surface area contributed by atoms with Gasteiger partial charge in [0.2, 0.25) is 0 Å². The van der Waals surface area contributed by atoms with Gasteiger partial charge >= 0.3 is 6.03 Å². The highest BCUT2D eigenvalue weighted by Gasteiger charge is 2.22. The Kier molecular flexibility index (Phi) is 4.02. The Morgan fingerprint density at radius 2 is 2.31 bits per heavy atom. The zero-order chi connectivity index (χ0) is 9.68. The van der Waals surface area contributed by atoms with E-state index in [1.807, 2.05) is 6.92 Å².